The predicted octanol–water partition coefficient (Wildman–Crippen LogP) is 1.04. The van der Waals surface area contributed by atoms with Crippen molar-refractivity contribution in [2.75, 3.05) is 13.1 Å². The molecule has 2 N–H and O–H groups in total. The van der Waals surface area contributed by atoms with Crippen LogP contribution in [0.3, 0.4) is 0 Å². The smallest absolute Gasteiger partial charge is 0.407 e. The van der Waals surface area contributed by atoms with Crippen molar-refractivity contribution in [2.24, 2.45) is 5.41 Å². The number of rotatable bonds is 2. The molecule has 0 bridgehead atoms. The van der Waals surface area contributed by atoms with E-state index in [1.54, 1.807) is 13.8 Å². The molecule has 1 amide bonds. The first-order chi connectivity index (χ1) is 9.64. The highest BCUT2D eigenvalue weighted by atomic mass is 35.5. The highest BCUT2D eigenvalue weighted by Crippen LogP contribution is 2.39. The number of amides is 1. The highest BCUT2D eigenvalue weighted by molar-refractivity contribution is 6.29. The number of hydrogen-bond donors (Lipinski definition) is 2. The number of carbonyl (C=O) groups is 1. The van der Waals surface area contributed by atoms with Gasteiger partial charge in [0.1, 0.15) is 5.15 Å². The van der Waals surface area contributed by atoms with Crippen LogP contribution in [0.1, 0.15) is 20.3 Å². The maximum atomic E-state index is 11.9. The van der Waals surface area contributed by atoms with E-state index in [2.05, 4.69) is 4.98 Å². The lowest BCUT2D eigenvalue weighted by atomic mass is 9.70. The molecular weight excluding hydrogens is 298 g/mol. The Morgan fingerprint density at radius 1 is 1.52 bits per heavy atom. The number of halogens is 1. The van der Waals surface area contributed by atoms with E-state index < -0.39 is 17.1 Å². The predicted molar refractivity (Wildman–Crippen MR) is 76.5 cm³/mol. The Labute approximate surface area is 126 Å². The Bertz CT molecular complexity index is 616. The molecule has 1 aliphatic rings. The SMILES string of the molecule is CC1(C)CN(C(=O)O)CC[C@@]1(O)Cn1cnc(Cl)cc1=O. The number of aliphatic hydroxyl groups is 1. The average Bonchev–Trinajstić information content (AvgIpc) is 2.36. The van der Waals surface area contributed by atoms with E-state index in [0.717, 1.165) is 0 Å². The molecule has 1 aromatic rings. The Morgan fingerprint density at radius 2 is 2.19 bits per heavy atom. The van der Waals surface area contributed by atoms with E-state index in [1.165, 1.54) is 21.9 Å². The largest absolute Gasteiger partial charge is 0.465 e. The van der Waals surface area contributed by atoms with Gasteiger partial charge < -0.3 is 15.1 Å². The van der Waals surface area contributed by atoms with E-state index in [1.807, 2.05) is 0 Å². The lowest BCUT2D eigenvalue weighted by Crippen LogP contribution is -2.60. The van der Waals surface area contributed by atoms with Crippen LogP contribution in [0.5, 0.6) is 0 Å². The van der Waals surface area contributed by atoms with Gasteiger partial charge in [-0.25, -0.2) is 9.78 Å². The summed E-state index contributed by atoms with van der Waals surface area (Å²) in [5.41, 5.74) is -2.24. The Balaban J connectivity index is 2.26. The molecule has 0 radical (unpaired) electrons. The minimum atomic E-state index is -1.20. The average molecular weight is 316 g/mol. The molecule has 0 spiro atoms. The Kier molecular flexibility index (Phi) is 3.99. The van der Waals surface area contributed by atoms with Crippen molar-refractivity contribution in [3.63, 3.8) is 0 Å². The van der Waals surface area contributed by atoms with Crippen molar-refractivity contribution in [2.45, 2.75) is 32.4 Å². The van der Waals surface area contributed by atoms with Gasteiger partial charge in [0.15, 0.2) is 0 Å². The molecule has 0 aliphatic carbocycles. The summed E-state index contributed by atoms with van der Waals surface area (Å²) in [6, 6.07) is 1.18. The van der Waals surface area contributed by atoms with Gasteiger partial charge in [-0.05, 0) is 6.42 Å². The van der Waals surface area contributed by atoms with Gasteiger partial charge >= 0.3 is 6.09 Å². The molecule has 1 atom stereocenters. The van der Waals surface area contributed by atoms with Crippen LogP contribution >= 0.6 is 11.6 Å². The lowest BCUT2D eigenvalue weighted by Gasteiger charge is -2.49. The zero-order valence-corrected chi connectivity index (χ0v) is 12.7. The van der Waals surface area contributed by atoms with Gasteiger partial charge in [0, 0.05) is 24.6 Å². The molecular formula is C13H18ClN3O4. The third-order valence-corrected chi connectivity index (χ3v) is 4.40. The summed E-state index contributed by atoms with van der Waals surface area (Å²) in [6.07, 6.45) is 0.541. The third kappa shape index (κ3) is 3.03. The third-order valence-electron chi connectivity index (χ3n) is 4.19. The fourth-order valence-corrected chi connectivity index (χ4v) is 2.76. The van der Waals surface area contributed by atoms with Crippen molar-refractivity contribution < 1.29 is 15.0 Å². The summed E-state index contributed by atoms with van der Waals surface area (Å²) in [7, 11) is 0. The molecule has 1 fully saturated rings. The maximum absolute atomic E-state index is 11.9. The molecule has 116 valence electrons. The van der Waals surface area contributed by atoms with Crippen molar-refractivity contribution in [3.8, 4) is 0 Å². The van der Waals surface area contributed by atoms with Crippen LogP contribution in [0, 0.1) is 5.41 Å². The topological polar surface area (TPSA) is 95.7 Å². The second-order valence-electron chi connectivity index (χ2n) is 6.05. The molecule has 0 unspecified atom stereocenters. The fraction of sp³-hybridized carbons (Fsp3) is 0.615. The molecule has 7 nitrogen and oxygen atoms in total. The van der Waals surface area contributed by atoms with Crippen LogP contribution in [-0.2, 0) is 6.54 Å². The van der Waals surface area contributed by atoms with Crippen LogP contribution < -0.4 is 5.56 Å². The first-order valence-corrected chi connectivity index (χ1v) is 6.95. The second-order valence-corrected chi connectivity index (χ2v) is 6.43. The molecule has 8 heteroatoms. The highest BCUT2D eigenvalue weighted by Gasteiger charge is 2.49. The van der Waals surface area contributed by atoms with Crippen LogP contribution in [0.4, 0.5) is 4.79 Å². The van der Waals surface area contributed by atoms with E-state index in [0.29, 0.717) is 0 Å². The Morgan fingerprint density at radius 3 is 2.71 bits per heavy atom. The summed E-state index contributed by atoms with van der Waals surface area (Å²) >= 11 is 5.65. The van der Waals surface area contributed by atoms with E-state index in [4.69, 9.17) is 16.7 Å². The minimum absolute atomic E-state index is 0.0520. The number of aromatic nitrogens is 2. The summed E-state index contributed by atoms with van der Waals surface area (Å²) in [5.74, 6) is 0. The van der Waals surface area contributed by atoms with Gasteiger partial charge in [0.2, 0.25) is 0 Å². The normalized spacial score (nSPS) is 24.9. The van der Waals surface area contributed by atoms with Gasteiger partial charge in [-0.15, -0.1) is 0 Å². The van der Waals surface area contributed by atoms with E-state index >= 15 is 0 Å². The molecule has 0 saturated carbocycles. The van der Waals surface area contributed by atoms with Crippen LogP contribution in [0.15, 0.2) is 17.2 Å². The van der Waals surface area contributed by atoms with Crippen molar-refractivity contribution >= 4 is 17.7 Å². The van der Waals surface area contributed by atoms with E-state index in [-0.39, 0.29) is 36.8 Å². The first kappa shape index (κ1) is 15.8. The zero-order valence-electron chi connectivity index (χ0n) is 11.9. The molecule has 2 heterocycles. The summed E-state index contributed by atoms with van der Waals surface area (Å²) in [5, 5.41) is 20.1. The molecule has 21 heavy (non-hydrogen) atoms. The van der Waals surface area contributed by atoms with Crippen LogP contribution in [0.25, 0.3) is 0 Å². The summed E-state index contributed by atoms with van der Waals surface area (Å²) in [6.45, 7) is 4.06. The number of piperidine rings is 1. The Hall–Kier alpha value is -1.60. The standard InChI is InChI=1S/C13H18ClN3O4/c1-12(2)6-16(11(19)20)4-3-13(12,21)7-17-8-15-9(14)5-10(17)18/h5,8,21H,3-4,6-7H2,1-2H3,(H,19,20)/t13-/m1/s1. The van der Waals surface area contributed by atoms with Crippen molar-refractivity contribution in [1.82, 2.24) is 14.5 Å². The molecule has 1 saturated heterocycles. The molecule has 1 aromatic heterocycles. The van der Waals surface area contributed by atoms with Gasteiger partial charge in [-0.3, -0.25) is 9.36 Å². The molecule has 2 rings (SSSR count). The monoisotopic (exact) mass is 315 g/mol. The van der Waals surface area contributed by atoms with E-state index in [9.17, 15) is 14.7 Å². The van der Waals surface area contributed by atoms with Gasteiger partial charge in [0.25, 0.3) is 5.56 Å². The number of hydrogen-bond acceptors (Lipinski definition) is 4. The van der Waals surface area contributed by atoms with Crippen molar-refractivity contribution in [1.29, 1.82) is 0 Å². The first-order valence-electron chi connectivity index (χ1n) is 6.57. The van der Waals surface area contributed by atoms with Crippen LogP contribution in [-0.4, -0.2) is 49.4 Å². The maximum Gasteiger partial charge on any atom is 0.407 e. The number of carboxylic acid groups (broad SMARTS) is 1. The van der Waals surface area contributed by atoms with Gasteiger partial charge in [0.05, 0.1) is 18.5 Å². The fourth-order valence-electron chi connectivity index (χ4n) is 2.62. The summed E-state index contributed by atoms with van der Waals surface area (Å²) < 4.78 is 1.30. The van der Waals surface area contributed by atoms with Gasteiger partial charge in [-0.2, -0.15) is 0 Å². The number of nitrogens with zero attached hydrogens (tertiary/aromatic N) is 3. The minimum Gasteiger partial charge on any atom is -0.465 e. The second kappa shape index (κ2) is 5.31. The molecule has 1 aliphatic heterocycles. The lowest BCUT2D eigenvalue weighted by molar-refractivity contribution is -0.123. The van der Waals surface area contributed by atoms with Crippen LogP contribution in [0.2, 0.25) is 5.15 Å². The summed E-state index contributed by atoms with van der Waals surface area (Å²) in [4.78, 5) is 28.0. The quantitative estimate of drug-likeness (QED) is 0.795. The molecule has 0 aromatic carbocycles. The number of likely N-dealkylation sites (tertiary alicyclic amines) is 1. The zero-order chi connectivity index (χ0) is 15.8. The van der Waals surface area contributed by atoms with Crippen molar-refractivity contribution in [3.05, 3.63) is 27.9 Å². The van der Waals surface area contributed by atoms with Gasteiger partial charge in [-0.1, -0.05) is 25.4 Å².